The van der Waals surface area contributed by atoms with Crippen LogP contribution in [0.5, 0.6) is 0 Å². The Hall–Kier alpha value is -2.66. The van der Waals surface area contributed by atoms with Gasteiger partial charge in [0.2, 0.25) is 5.13 Å². The van der Waals surface area contributed by atoms with E-state index in [1.54, 1.807) is 11.3 Å². The predicted molar refractivity (Wildman–Crippen MR) is 108 cm³/mol. The van der Waals surface area contributed by atoms with E-state index in [1.165, 1.54) is 16.9 Å². The topological polar surface area (TPSA) is 40.5 Å². The van der Waals surface area contributed by atoms with Crippen molar-refractivity contribution in [1.82, 2.24) is 4.98 Å². The van der Waals surface area contributed by atoms with Gasteiger partial charge in [-0.1, -0.05) is 55.5 Å². The number of nitrogens with zero attached hydrogens (tertiary/aromatic N) is 3. The van der Waals surface area contributed by atoms with E-state index in [1.807, 2.05) is 24.4 Å². The molecule has 3 aromatic rings. The SMILES string of the molecule is CN1/C(=C/C=N\Nc2nc3ccccc3s2)C(C)(C)c2ccccc21. The largest absolute Gasteiger partial charge is 0.347 e. The number of nitrogens with one attached hydrogen (secondary N) is 1. The van der Waals surface area contributed by atoms with Gasteiger partial charge in [-0.05, 0) is 29.8 Å². The second-order valence-corrected chi connectivity index (χ2v) is 7.66. The molecule has 25 heavy (non-hydrogen) atoms. The van der Waals surface area contributed by atoms with E-state index in [4.69, 9.17) is 0 Å². The van der Waals surface area contributed by atoms with Crippen molar-refractivity contribution >= 4 is 38.6 Å². The molecule has 0 fully saturated rings. The van der Waals surface area contributed by atoms with Crippen LogP contribution in [0.4, 0.5) is 10.8 Å². The third kappa shape index (κ3) is 2.70. The Labute approximate surface area is 151 Å². The van der Waals surface area contributed by atoms with Crippen LogP contribution in [-0.4, -0.2) is 18.2 Å². The Morgan fingerprint density at radius 3 is 2.68 bits per heavy atom. The quantitative estimate of drug-likeness (QED) is 0.534. The van der Waals surface area contributed by atoms with Crippen LogP contribution in [-0.2, 0) is 5.41 Å². The molecule has 0 radical (unpaired) electrons. The van der Waals surface area contributed by atoms with Crippen LogP contribution in [0.25, 0.3) is 10.2 Å². The van der Waals surface area contributed by atoms with Crippen LogP contribution in [0.2, 0.25) is 0 Å². The molecule has 0 aliphatic carbocycles. The standard InChI is InChI=1S/C20H20N4S/c1-20(2)14-8-4-6-10-16(14)24(3)18(20)12-13-21-23-19-22-15-9-5-7-11-17(15)25-19/h4-13H,1-3H3,(H,22,23)/b18-12+,21-13-. The van der Waals surface area contributed by atoms with Gasteiger partial charge in [0.1, 0.15) is 0 Å². The lowest BCUT2D eigenvalue weighted by molar-refractivity contribution is 0.641. The monoisotopic (exact) mass is 348 g/mol. The van der Waals surface area contributed by atoms with Crippen LogP contribution in [0.3, 0.4) is 0 Å². The Balaban J connectivity index is 1.54. The molecule has 4 rings (SSSR count). The van der Waals surface area contributed by atoms with E-state index in [9.17, 15) is 0 Å². The number of para-hydroxylation sites is 2. The van der Waals surface area contributed by atoms with Crippen LogP contribution in [0, 0.1) is 0 Å². The summed E-state index contributed by atoms with van der Waals surface area (Å²) >= 11 is 1.60. The summed E-state index contributed by atoms with van der Waals surface area (Å²) < 4.78 is 1.16. The van der Waals surface area contributed by atoms with Crippen molar-refractivity contribution in [2.75, 3.05) is 17.4 Å². The number of benzene rings is 2. The molecule has 5 heteroatoms. The van der Waals surface area contributed by atoms with Crippen molar-refractivity contribution < 1.29 is 0 Å². The maximum absolute atomic E-state index is 4.52. The molecule has 1 N–H and O–H groups in total. The number of hydrogen-bond acceptors (Lipinski definition) is 5. The number of thiazole rings is 1. The van der Waals surface area contributed by atoms with Gasteiger partial charge in [0, 0.05) is 30.1 Å². The van der Waals surface area contributed by atoms with E-state index in [0.717, 1.165) is 15.3 Å². The first-order chi connectivity index (χ1) is 12.1. The van der Waals surface area contributed by atoms with E-state index in [2.05, 4.69) is 77.7 Å². The molecule has 0 bridgehead atoms. The van der Waals surface area contributed by atoms with Gasteiger partial charge in [-0.15, -0.1) is 0 Å². The maximum atomic E-state index is 4.52. The number of hydrogen-bond donors (Lipinski definition) is 1. The molecule has 4 nitrogen and oxygen atoms in total. The van der Waals surface area contributed by atoms with Gasteiger partial charge in [-0.2, -0.15) is 5.10 Å². The summed E-state index contributed by atoms with van der Waals surface area (Å²) in [5, 5.41) is 5.14. The minimum atomic E-state index is -0.0345. The molecular weight excluding hydrogens is 328 g/mol. The van der Waals surface area contributed by atoms with E-state index >= 15 is 0 Å². The summed E-state index contributed by atoms with van der Waals surface area (Å²) in [5.41, 5.74) is 7.82. The third-order valence-corrected chi connectivity index (χ3v) is 5.64. The first-order valence-corrected chi connectivity index (χ1v) is 9.07. The number of allylic oxidation sites excluding steroid dienone is 2. The Morgan fingerprint density at radius 1 is 1.12 bits per heavy atom. The molecule has 0 spiro atoms. The Bertz CT molecular complexity index is 951. The number of aromatic nitrogens is 1. The number of anilines is 2. The zero-order valence-corrected chi connectivity index (χ0v) is 15.3. The van der Waals surface area contributed by atoms with E-state index in [-0.39, 0.29) is 5.41 Å². The number of rotatable bonds is 3. The lowest BCUT2D eigenvalue weighted by Gasteiger charge is -2.23. The van der Waals surface area contributed by atoms with Crippen molar-refractivity contribution in [3.8, 4) is 0 Å². The van der Waals surface area contributed by atoms with Crippen LogP contribution < -0.4 is 10.3 Å². The molecule has 2 heterocycles. The fraction of sp³-hybridized carbons (Fsp3) is 0.200. The van der Waals surface area contributed by atoms with Crippen molar-refractivity contribution in [3.63, 3.8) is 0 Å². The zero-order chi connectivity index (χ0) is 17.4. The predicted octanol–water partition coefficient (Wildman–Crippen LogP) is 5.01. The second-order valence-electron chi connectivity index (χ2n) is 6.63. The molecule has 1 aliphatic heterocycles. The fourth-order valence-electron chi connectivity index (χ4n) is 3.42. The summed E-state index contributed by atoms with van der Waals surface area (Å²) in [6.07, 6.45) is 3.88. The van der Waals surface area contributed by atoms with Gasteiger partial charge < -0.3 is 4.90 Å². The average Bonchev–Trinajstić information content (AvgIpc) is 3.11. The first kappa shape index (κ1) is 15.8. The van der Waals surface area contributed by atoms with Gasteiger partial charge in [0.05, 0.1) is 10.2 Å². The lowest BCUT2D eigenvalue weighted by Crippen LogP contribution is -2.23. The molecule has 1 aliphatic rings. The third-order valence-electron chi connectivity index (χ3n) is 4.70. The Morgan fingerprint density at radius 2 is 1.88 bits per heavy atom. The Kier molecular flexibility index (Phi) is 3.81. The van der Waals surface area contributed by atoms with Crippen molar-refractivity contribution in [1.29, 1.82) is 0 Å². The lowest BCUT2D eigenvalue weighted by atomic mass is 9.84. The highest BCUT2D eigenvalue weighted by Gasteiger charge is 2.37. The summed E-state index contributed by atoms with van der Waals surface area (Å²) in [6, 6.07) is 16.6. The average molecular weight is 348 g/mol. The highest BCUT2D eigenvalue weighted by atomic mass is 32.1. The van der Waals surface area contributed by atoms with Crippen molar-refractivity contribution in [2.24, 2.45) is 5.10 Å². The van der Waals surface area contributed by atoms with Gasteiger partial charge in [-0.25, -0.2) is 4.98 Å². The second kappa shape index (κ2) is 6.01. The van der Waals surface area contributed by atoms with Crippen molar-refractivity contribution in [3.05, 3.63) is 65.9 Å². The molecule has 0 saturated carbocycles. The van der Waals surface area contributed by atoms with Crippen LogP contribution >= 0.6 is 11.3 Å². The molecule has 2 aromatic carbocycles. The molecule has 0 unspecified atom stereocenters. The molecule has 0 amide bonds. The number of fused-ring (bicyclic) bond motifs is 2. The summed E-state index contributed by atoms with van der Waals surface area (Å²) in [5.74, 6) is 0. The van der Waals surface area contributed by atoms with Crippen molar-refractivity contribution in [2.45, 2.75) is 19.3 Å². The molecule has 1 aromatic heterocycles. The van der Waals surface area contributed by atoms with Gasteiger partial charge >= 0.3 is 0 Å². The molecule has 0 atom stereocenters. The molecule has 0 saturated heterocycles. The highest BCUT2D eigenvalue weighted by Crippen LogP contribution is 2.46. The smallest absolute Gasteiger partial charge is 0.204 e. The van der Waals surface area contributed by atoms with E-state index < -0.39 is 0 Å². The minimum absolute atomic E-state index is 0.0345. The van der Waals surface area contributed by atoms with Crippen LogP contribution in [0.15, 0.2) is 65.4 Å². The van der Waals surface area contributed by atoms with Gasteiger partial charge in [0.15, 0.2) is 0 Å². The summed E-state index contributed by atoms with van der Waals surface area (Å²) in [4.78, 5) is 6.76. The normalized spacial score (nSPS) is 17.6. The first-order valence-electron chi connectivity index (χ1n) is 8.26. The molecule has 126 valence electrons. The zero-order valence-electron chi connectivity index (χ0n) is 14.5. The summed E-state index contributed by atoms with van der Waals surface area (Å²) in [7, 11) is 2.11. The van der Waals surface area contributed by atoms with Crippen LogP contribution in [0.1, 0.15) is 19.4 Å². The maximum Gasteiger partial charge on any atom is 0.204 e. The minimum Gasteiger partial charge on any atom is -0.347 e. The fourth-order valence-corrected chi connectivity index (χ4v) is 4.24. The number of hydrazone groups is 1. The van der Waals surface area contributed by atoms with Gasteiger partial charge in [0.25, 0.3) is 0 Å². The highest BCUT2D eigenvalue weighted by molar-refractivity contribution is 7.22. The van der Waals surface area contributed by atoms with E-state index in [0.29, 0.717) is 0 Å². The molecular formula is C20H20N4S. The summed E-state index contributed by atoms with van der Waals surface area (Å²) in [6.45, 7) is 4.49. The van der Waals surface area contributed by atoms with Gasteiger partial charge in [-0.3, -0.25) is 5.43 Å². The number of likely N-dealkylation sites (N-methyl/N-ethyl adjacent to an activating group) is 1.